The molecule has 0 saturated carbocycles. The van der Waals surface area contributed by atoms with Gasteiger partial charge < -0.3 is 28.8 Å². The van der Waals surface area contributed by atoms with Crippen LogP contribution in [0.4, 0.5) is 29.3 Å². The molecule has 0 bridgehead atoms. The summed E-state index contributed by atoms with van der Waals surface area (Å²) in [4.78, 5) is 48.5. The fourth-order valence-electron chi connectivity index (χ4n) is 5.76. The SMILES string of the molecule is CCc1c(N2CCN(C(=O)OC(C)(C)C)CC2)c(=O)n2nc(-c3coc4ccccc34)nc2n1CC(=O)Nc1ccc(C(F)(F)F)cc1Cl. The summed E-state index contributed by atoms with van der Waals surface area (Å²) in [5.41, 5.74) is -0.204. The van der Waals surface area contributed by atoms with Crippen LogP contribution in [0.5, 0.6) is 0 Å². The van der Waals surface area contributed by atoms with Gasteiger partial charge in [0.15, 0.2) is 5.82 Å². The Morgan fingerprint density at radius 2 is 1.78 bits per heavy atom. The minimum Gasteiger partial charge on any atom is -0.464 e. The van der Waals surface area contributed by atoms with Gasteiger partial charge in [-0.2, -0.15) is 22.7 Å². The van der Waals surface area contributed by atoms with Crippen LogP contribution >= 0.6 is 11.6 Å². The van der Waals surface area contributed by atoms with E-state index in [2.05, 4.69) is 15.4 Å². The first-order chi connectivity index (χ1) is 23.1. The topological polar surface area (TPSA) is 127 Å². The third kappa shape index (κ3) is 6.80. The van der Waals surface area contributed by atoms with Gasteiger partial charge in [0.25, 0.3) is 5.56 Å². The average Bonchev–Trinajstić information content (AvgIpc) is 3.67. The molecule has 5 aromatic rings. The summed E-state index contributed by atoms with van der Waals surface area (Å²) in [5.74, 6) is -0.358. The zero-order valence-electron chi connectivity index (χ0n) is 27.1. The molecule has 4 heterocycles. The molecule has 16 heteroatoms. The van der Waals surface area contributed by atoms with E-state index in [1.54, 1.807) is 36.3 Å². The summed E-state index contributed by atoms with van der Waals surface area (Å²) in [5, 5.41) is 7.58. The molecule has 0 unspecified atom stereocenters. The second-order valence-corrected chi connectivity index (χ2v) is 12.9. The lowest BCUT2D eigenvalue weighted by atomic mass is 10.2. The van der Waals surface area contributed by atoms with Crippen LogP contribution in [-0.4, -0.2) is 67.8 Å². The molecule has 1 fully saturated rings. The highest BCUT2D eigenvalue weighted by molar-refractivity contribution is 6.33. The van der Waals surface area contributed by atoms with Gasteiger partial charge in [-0.15, -0.1) is 5.10 Å². The molecule has 0 aliphatic carbocycles. The molecule has 0 atom stereocenters. The average molecular weight is 700 g/mol. The highest BCUT2D eigenvalue weighted by Gasteiger charge is 2.32. The minimum absolute atomic E-state index is 0.0136. The number of aromatic nitrogens is 4. The zero-order valence-corrected chi connectivity index (χ0v) is 27.9. The number of carbonyl (C=O) groups excluding carboxylic acids is 2. The number of fused-ring (bicyclic) bond motifs is 2. The van der Waals surface area contributed by atoms with Gasteiger partial charge in [-0.3, -0.25) is 9.59 Å². The van der Waals surface area contributed by atoms with E-state index < -0.39 is 34.9 Å². The molecule has 1 saturated heterocycles. The highest BCUT2D eigenvalue weighted by Crippen LogP contribution is 2.34. The summed E-state index contributed by atoms with van der Waals surface area (Å²) in [6.07, 6.45) is -3.27. The summed E-state index contributed by atoms with van der Waals surface area (Å²) in [6.45, 7) is 7.97. The minimum atomic E-state index is -4.61. The van der Waals surface area contributed by atoms with Gasteiger partial charge in [0.1, 0.15) is 29.7 Å². The smallest absolute Gasteiger partial charge is 0.416 e. The maximum atomic E-state index is 14.2. The third-order valence-corrected chi connectivity index (χ3v) is 8.31. The van der Waals surface area contributed by atoms with Crippen molar-refractivity contribution >= 4 is 51.7 Å². The molecule has 0 spiro atoms. The highest BCUT2D eigenvalue weighted by atomic mass is 35.5. The number of hydrogen-bond acceptors (Lipinski definition) is 8. The van der Waals surface area contributed by atoms with E-state index in [1.807, 2.05) is 30.0 Å². The van der Waals surface area contributed by atoms with Crippen LogP contribution in [0.15, 0.2) is 57.9 Å². The summed E-state index contributed by atoms with van der Waals surface area (Å²) in [6, 6.07) is 9.92. The number of ether oxygens (including phenoxy) is 1. The lowest BCUT2D eigenvalue weighted by molar-refractivity contribution is -0.137. The summed E-state index contributed by atoms with van der Waals surface area (Å²) < 4.78 is 53.5. The molecule has 3 aromatic heterocycles. The molecule has 6 rings (SSSR count). The molecule has 12 nitrogen and oxygen atoms in total. The number of amides is 2. The number of nitrogens with zero attached hydrogens (tertiary/aromatic N) is 6. The first-order valence-corrected chi connectivity index (χ1v) is 15.9. The lowest BCUT2D eigenvalue weighted by Crippen LogP contribution is -2.51. The van der Waals surface area contributed by atoms with Crippen molar-refractivity contribution in [1.29, 1.82) is 0 Å². The van der Waals surface area contributed by atoms with Gasteiger partial charge in [0.2, 0.25) is 11.7 Å². The molecule has 1 aliphatic heterocycles. The molecule has 49 heavy (non-hydrogen) atoms. The number of rotatable bonds is 6. The van der Waals surface area contributed by atoms with Crippen molar-refractivity contribution in [3.05, 3.63) is 75.4 Å². The number of halogens is 4. The fraction of sp³-hybridized carbons (Fsp3) is 0.364. The Hall–Kier alpha value is -5.05. The number of anilines is 2. The van der Waals surface area contributed by atoms with Crippen molar-refractivity contribution in [2.24, 2.45) is 0 Å². The van der Waals surface area contributed by atoms with Crippen LogP contribution < -0.4 is 15.8 Å². The molecule has 0 radical (unpaired) electrons. The predicted octanol–water partition coefficient (Wildman–Crippen LogP) is 6.23. The number of benzene rings is 2. The number of hydrogen-bond donors (Lipinski definition) is 1. The van der Waals surface area contributed by atoms with E-state index in [9.17, 15) is 27.6 Å². The van der Waals surface area contributed by atoms with E-state index in [-0.39, 0.29) is 47.6 Å². The van der Waals surface area contributed by atoms with Gasteiger partial charge in [0.05, 0.1) is 27.5 Å². The van der Waals surface area contributed by atoms with E-state index in [1.165, 1.54) is 6.26 Å². The van der Waals surface area contributed by atoms with Crippen LogP contribution in [0.3, 0.4) is 0 Å². The molecule has 1 N–H and O–H groups in total. The molecule has 258 valence electrons. The van der Waals surface area contributed by atoms with Gasteiger partial charge >= 0.3 is 12.3 Å². The lowest BCUT2D eigenvalue weighted by Gasteiger charge is -2.37. The van der Waals surface area contributed by atoms with Crippen LogP contribution in [0.1, 0.15) is 39.0 Å². The Morgan fingerprint density at radius 3 is 2.43 bits per heavy atom. The molecule has 2 amide bonds. The quantitative estimate of drug-likeness (QED) is 0.221. The maximum Gasteiger partial charge on any atom is 0.416 e. The Morgan fingerprint density at radius 1 is 1.06 bits per heavy atom. The van der Waals surface area contributed by atoms with E-state index in [4.69, 9.17) is 20.8 Å². The van der Waals surface area contributed by atoms with Crippen molar-refractivity contribution in [3.8, 4) is 11.4 Å². The number of carbonyl (C=O) groups is 2. The monoisotopic (exact) mass is 699 g/mol. The second kappa shape index (κ2) is 12.8. The normalized spacial score (nSPS) is 14.1. The maximum absolute atomic E-state index is 14.2. The van der Waals surface area contributed by atoms with Crippen LogP contribution in [0.25, 0.3) is 28.1 Å². The number of nitrogens with one attached hydrogen (secondary N) is 1. The van der Waals surface area contributed by atoms with Crippen molar-refractivity contribution < 1.29 is 31.9 Å². The zero-order chi connectivity index (χ0) is 35.2. The van der Waals surface area contributed by atoms with Crippen molar-refractivity contribution in [2.75, 3.05) is 36.4 Å². The van der Waals surface area contributed by atoms with Crippen LogP contribution in [-0.2, 0) is 28.7 Å². The molecular formula is C33H33ClF3N7O5. The van der Waals surface area contributed by atoms with E-state index in [0.717, 1.165) is 28.1 Å². The number of piperazine rings is 1. The molecule has 1 aliphatic rings. The Kier molecular flexibility index (Phi) is 8.81. The van der Waals surface area contributed by atoms with Gasteiger partial charge in [-0.05, 0) is 51.5 Å². The first kappa shape index (κ1) is 33.8. The Bertz CT molecular complexity index is 2130. The Balaban J connectivity index is 1.40. The van der Waals surface area contributed by atoms with E-state index in [0.29, 0.717) is 36.4 Å². The number of para-hydroxylation sites is 1. The largest absolute Gasteiger partial charge is 0.464 e. The van der Waals surface area contributed by atoms with E-state index >= 15 is 0 Å². The van der Waals surface area contributed by atoms with Gasteiger partial charge in [-0.25, -0.2) is 4.79 Å². The van der Waals surface area contributed by atoms with Gasteiger partial charge in [0, 0.05) is 31.6 Å². The molecule has 2 aromatic carbocycles. The van der Waals surface area contributed by atoms with Crippen molar-refractivity contribution in [3.63, 3.8) is 0 Å². The first-order valence-electron chi connectivity index (χ1n) is 15.5. The predicted molar refractivity (Wildman–Crippen MR) is 177 cm³/mol. The third-order valence-electron chi connectivity index (χ3n) is 8.00. The number of alkyl halides is 3. The second-order valence-electron chi connectivity index (χ2n) is 12.5. The van der Waals surface area contributed by atoms with Crippen LogP contribution in [0, 0.1) is 0 Å². The summed E-state index contributed by atoms with van der Waals surface area (Å²) in [7, 11) is 0. The standard InChI is InChI=1S/C33H33ClF3N7O5/c1-5-24-27(41-12-14-42(15-13-41)31(47)49-32(2,3)4)29(46)44-30(39-28(40-44)21-18-48-25-9-7-6-8-20(21)25)43(24)17-26(45)38-23-11-10-19(16-22(23)34)33(35,36)37/h6-11,16,18H,5,12-15,17H2,1-4H3,(H,38,45). The van der Waals surface area contributed by atoms with Crippen LogP contribution in [0.2, 0.25) is 5.02 Å². The van der Waals surface area contributed by atoms with Gasteiger partial charge in [-0.1, -0.05) is 36.7 Å². The Labute approximate surface area is 283 Å². The van der Waals surface area contributed by atoms with Crippen molar-refractivity contribution in [2.45, 2.75) is 52.4 Å². The van der Waals surface area contributed by atoms with Crippen molar-refractivity contribution in [1.82, 2.24) is 24.1 Å². The molecular weight excluding hydrogens is 667 g/mol. The summed E-state index contributed by atoms with van der Waals surface area (Å²) >= 11 is 6.12. The fourth-order valence-corrected chi connectivity index (χ4v) is 5.99. The number of furan rings is 1.